The van der Waals surface area contributed by atoms with Gasteiger partial charge in [-0.25, -0.2) is 18.1 Å². The van der Waals surface area contributed by atoms with Gasteiger partial charge in [0.15, 0.2) is 5.82 Å². The number of imidazole rings is 1. The van der Waals surface area contributed by atoms with Crippen LogP contribution < -0.4 is 14.9 Å². The summed E-state index contributed by atoms with van der Waals surface area (Å²) in [7, 11) is -3.71. The van der Waals surface area contributed by atoms with E-state index in [1.165, 1.54) is 0 Å². The highest BCUT2D eigenvalue weighted by Gasteiger charge is 2.42. The minimum Gasteiger partial charge on any atom is -0.367 e. The minimum absolute atomic E-state index is 0.000316. The van der Waals surface area contributed by atoms with Crippen molar-refractivity contribution in [3.63, 3.8) is 0 Å². The summed E-state index contributed by atoms with van der Waals surface area (Å²) in [5.74, 6) is 0.348. The van der Waals surface area contributed by atoms with Crippen molar-refractivity contribution in [2.45, 2.75) is 69.0 Å². The first-order valence-electron chi connectivity index (χ1n) is 10.8. The van der Waals surface area contributed by atoms with E-state index in [4.69, 9.17) is 0 Å². The highest BCUT2D eigenvalue weighted by atomic mass is 32.2. The number of pyridine rings is 1. The Labute approximate surface area is 177 Å². The van der Waals surface area contributed by atoms with Crippen molar-refractivity contribution < 1.29 is 13.2 Å². The number of nitrogens with one attached hydrogen (secondary N) is 2. The van der Waals surface area contributed by atoms with Crippen LogP contribution >= 0.6 is 0 Å². The smallest absolute Gasteiger partial charge is 0.242 e. The maximum Gasteiger partial charge on any atom is 0.242 e. The Balaban J connectivity index is 1.64. The average molecular weight is 432 g/mol. The van der Waals surface area contributed by atoms with E-state index >= 15 is 0 Å². The predicted molar refractivity (Wildman–Crippen MR) is 114 cm³/mol. The van der Waals surface area contributed by atoms with E-state index in [-0.39, 0.29) is 34.2 Å². The molecule has 0 aromatic carbocycles. The van der Waals surface area contributed by atoms with Gasteiger partial charge in [-0.3, -0.25) is 9.20 Å². The number of aromatic nitrogens is 2. The zero-order valence-electron chi connectivity index (χ0n) is 17.7. The fraction of sp³-hybridized carbons (Fsp3) is 0.619. The molecule has 2 atom stereocenters. The number of ketones is 1. The standard InChI is InChI=1S/C21H29N5O3S/c1-13-10-25(11-14(2)23-13)17-8-16(30(28,29)24-21(3)6-7-21)12-26-18(17)9-22-20(26)19(27)15-4-5-15/h8-9,12-15,23-24H,4-7,10-11H2,1-3H3/t13-,14-/m0/s1. The number of rotatable bonds is 6. The van der Waals surface area contributed by atoms with Gasteiger partial charge in [-0.2, -0.15) is 0 Å². The number of piperazine rings is 1. The van der Waals surface area contributed by atoms with Crippen molar-refractivity contribution in [1.82, 2.24) is 19.4 Å². The number of anilines is 1. The Kier molecular flexibility index (Phi) is 4.50. The minimum atomic E-state index is -3.71. The van der Waals surface area contributed by atoms with Gasteiger partial charge in [-0.15, -0.1) is 0 Å². The lowest BCUT2D eigenvalue weighted by Crippen LogP contribution is -2.54. The molecule has 2 saturated carbocycles. The Morgan fingerprint density at radius 1 is 1.23 bits per heavy atom. The zero-order valence-corrected chi connectivity index (χ0v) is 18.5. The molecule has 0 amide bonds. The highest BCUT2D eigenvalue weighted by molar-refractivity contribution is 7.89. The molecule has 3 aliphatic rings. The van der Waals surface area contributed by atoms with E-state index in [2.05, 4.69) is 33.8 Å². The largest absolute Gasteiger partial charge is 0.367 e. The van der Waals surface area contributed by atoms with Gasteiger partial charge in [0.2, 0.25) is 15.8 Å². The van der Waals surface area contributed by atoms with Crippen LogP contribution in [0.15, 0.2) is 23.4 Å². The zero-order chi connectivity index (χ0) is 21.3. The molecule has 0 bridgehead atoms. The highest BCUT2D eigenvalue weighted by Crippen LogP contribution is 2.37. The molecule has 30 heavy (non-hydrogen) atoms. The summed E-state index contributed by atoms with van der Waals surface area (Å²) in [6.07, 6.45) is 6.70. The Morgan fingerprint density at radius 2 is 1.90 bits per heavy atom. The van der Waals surface area contributed by atoms with Gasteiger partial charge in [0.05, 0.1) is 17.4 Å². The van der Waals surface area contributed by atoms with E-state index in [1.807, 2.05) is 6.92 Å². The van der Waals surface area contributed by atoms with Crippen molar-refractivity contribution in [2.75, 3.05) is 18.0 Å². The molecule has 9 heteroatoms. The van der Waals surface area contributed by atoms with Gasteiger partial charge < -0.3 is 10.2 Å². The van der Waals surface area contributed by atoms with E-state index in [0.717, 1.165) is 50.0 Å². The van der Waals surface area contributed by atoms with E-state index in [1.54, 1.807) is 22.9 Å². The van der Waals surface area contributed by atoms with Gasteiger partial charge in [0, 0.05) is 42.8 Å². The molecule has 5 rings (SSSR count). The fourth-order valence-electron chi connectivity index (χ4n) is 4.36. The number of Topliss-reactive ketones (excluding diaryl/α,β-unsaturated/α-hetero) is 1. The van der Waals surface area contributed by atoms with Gasteiger partial charge in [0.1, 0.15) is 4.90 Å². The Bertz CT molecular complexity index is 1110. The second-order valence-corrected chi connectivity index (χ2v) is 11.3. The van der Waals surface area contributed by atoms with Crippen molar-refractivity contribution in [3.8, 4) is 0 Å². The third-order valence-corrected chi connectivity index (χ3v) is 7.96. The Morgan fingerprint density at radius 3 is 2.50 bits per heavy atom. The summed E-state index contributed by atoms with van der Waals surface area (Å²) < 4.78 is 30.9. The molecule has 0 radical (unpaired) electrons. The van der Waals surface area contributed by atoms with Gasteiger partial charge in [0.25, 0.3) is 0 Å². The topological polar surface area (TPSA) is 95.8 Å². The molecule has 2 aromatic heterocycles. The lowest BCUT2D eigenvalue weighted by atomic mass is 10.1. The molecular formula is C21H29N5O3S. The van der Waals surface area contributed by atoms with Crippen molar-refractivity contribution >= 4 is 27.0 Å². The van der Waals surface area contributed by atoms with Crippen molar-refractivity contribution in [1.29, 1.82) is 0 Å². The third-order valence-electron chi connectivity index (χ3n) is 6.35. The number of nitrogens with zero attached hydrogens (tertiary/aromatic N) is 3. The first-order valence-corrected chi connectivity index (χ1v) is 12.2. The van der Waals surface area contributed by atoms with Crippen LogP contribution in [0.2, 0.25) is 0 Å². The molecular weight excluding hydrogens is 402 g/mol. The SMILES string of the molecule is C[C@H]1CN(c2cc(S(=O)(=O)NC3(C)CC3)cn3c(C(=O)C4CC4)ncc23)C[C@H](C)N1. The van der Waals surface area contributed by atoms with Gasteiger partial charge >= 0.3 is 0 Å². The normalized spacial score (nSPS) is 26.2. The van der Waals surface area contributed by atoms with E-state index < -0.39 is 10.0 Å². The maximum absolute atomic E-state index is 13.2. The lowest BCUT2D eigenvalue weighted by Gasteiger charge is -2.38. The molecule has 2 aliphatic carbocycles. The number of carbonyl (C=O) groups excluding carboxylic acids is 1. The van der Waals surface area contributed by atoms with Crippen LogP contribution in [0.5, 0.6) is 0 Å². The molecule has 1 aliphatic heterocycles. The average Bonchev–Trinajstić information content (AvgIpc) is 3.58. The monoisotopic (exact) mass is 431 g/mol. The van der Waals surface area contributed by atoms with Crippen molar-refractivity contribution in [2.24, 2.45) is 5.92 Å². The summed E-state index contributed by atoms with van der Waals surface area (Å²) in [5.41, 5.74) is 1.21. The first kappa shape index (κ1) is 20.0. The van der Waals surface area contributed by atoms with Crippen LogP contribution in [0.4, 0.5) is 5.69 Å². The van der Waals surface area contributed by atoms with Gasteiger partial charge in [-0.05, 0) is 52.5 Å². The van der Waals surface area contributed by atoms with Crippen molar-refractivity contribution in [3.05, 3.63) is 24.3 Å². The quantitative estimate of drug-likeness (QED) is 0.679. The molecule has 1 saturated heterocycles. The lowest BCUT2D eigenvalue weighted by molar-refractivity contribution is 0.0957. The number of hydrogen-bond acceptors (Lipinski definition) is 6. The number of carbonyl (C=O) groups is 1. The molecule has 8 nitrogen and oxygen atoms in total. The fourth-order valence-corrected chi connectivity index (χ4v) is 5.84. The summed E-state index contributed by atoms with van der Waals surface area (Å²) in [4.78, 5) is 19.6. The molecule has 3 heterocycles. The molecule has 3 fully saturated rings. The molecule has 0 spiro atoms. The number of fused-ring (bicyclic) bond motifs is 1. The van der Waals surface area contributed by atoms with Gasteiger partial charge in [-0.1, -0.05) is 0 Å². The summed E-state index contributed by atoms with van der Waals surface area (Å²) in [6.45, 7) is 7.67. The maximum atomic E-state index is 13.2. The summed E-state index contributed by atoms with van der Waals surface area (Å²) in [6, 6.07) is 2.28. The predicted octanol–water partition coefficient (Wildman–Crippen LogP) is 1.94. The number of hydrogen-bond donors (Lipinski definition) is 2. The van der Waals surface area contributed by atoms with Crippen LogP contribution in [-0.2, 0) is 10.0 Å². The second-order valence-electron chi connectivity index (χ2n) is 9.58. The van der Waals surface area contributed by atoms with E-state index in [9.17, 15) is 13.2 Å². The van der Waals surface area contributed by atoms with Crippen LogP contribution in [0, 0.1) is 5.92 Å². The van der Waals surface area contributed by atoms with Crippen LogP contribution in [0.3, 0.4) is 0 Å². The van der Waals surface area contributed by atoms with Crippen LogP contribution in [0.25, 0.3) is 5.52 Å². The second kappa shape index (κ2) is 6.77. The molecule has 162 valence electrons. The summed E-state index contributed by atoms with van der Waals surface area (Å²) >= 11 is 0. The van der Waals surface area contributed by atoms with Crippen LogP contribution in [-0.4, -0.2) is 54.3 Å². The molecule has 0 unspecified atom stereocenters. The first-order chi connectivity index (χ1) is 14.2. The van der Waals surface area contributed by atoms with Crippen LogP contribution in [0.1, 0.15) is 57.1 Å². The number of sulfonamides is 1. The third kappa shape index (κ3) is 3.63. The summed E-state index contributed by atoms with van der Waals surface area (Å²) in [5, 5.41) is 3.51. The van der Waals surface area contributed by atoms with E-state index in [0.29, 0.717) is 5.82 Å². The molecule has 2 aromatic rings. The molecule has 2 N–H and O–H groups in total. The Hall–Kier alpha value is -1.97.